The topological polar surface area (TPSA) is 75.6 Å². The maximum absolute atomic E-state index is 13.0. The van der Waals surface area contributed by atoms with Gasteiger partial charge in [0.1, 0.15) is 18.2 Å². The zero-order chi connectivity index (χ0) is 20.4. The van der Waals surface area contributed by atoms with Crippen molar-refractivity contribution in [1.82, 2.24) is 24.8 Å². The lowest BCUT2D eigenvalue weighted by Gasteiger charge is -2.21. The quantitative estimate of drug-likeness (QED) is 0.479. The molecule has 4 aromatic rings. The summed E-state index contributed by atoms with van der Waals surface area (Å²) < 4.78 is 2.01. The molecule has 0 aliphatic rings. The van der Waals surface area contributed by atoms with Crippen LogP contribution in [0.4, 0.5) is 0 Å². The predicted octanol–water partition coefficient (Wildman–Crippen LogP) is 4.29. The van der Waals surface area contributed by atoms with Gasteiger partial charge in [0.2, 0.25) is 5.91 Å². The van der Waals surface area contributed by atoms with E-state index in [0.717, 1.165) is 39.5 Å². The second kappa shape index (κ2) is 8.29. The minimum atomic E-state index is -0.186. The van der Waals surface area contributed by atoms with Crippen LogP contribution in [0, 0.1) is 5.92 Å². The van der Waals surface area contributed by atoms with Gasteiger partial charge in [0.15, 0.2) is 0 Å². The zero-order valence-electron chi connectivity index (χ0n) is 16.8. The van der Waals surface area contributed by atoms with Gasteiger partial charge >= 0.3 is 0 Å². The van der Waals surface area contributed by atoms with Crippen molar-refractivity contribution in [3.63, 3.8) is 0 Å². The van der Waals surface area contributed by atoms with Gasteiger partial charge < -0.3 is 14.9 Å². The number of para-hydroxylation sites is 4. The molecule has 1 amide bonds. The van der Waals surface area contributed by atoms with Gasteiger partial charge in [-0.15, -0.1) is 0 Å². The highest BCUT2D eigenvalue weighted by Gasteiger charge is 2.23. The van der Waals surface area contributed by atoms with E-state index in [4.69, 9.17) is 4.98 Å². The fraction of sp³-hybridized carbons (Fsp3) is 0.318. The van der Waals surface area contributed by atoms with Crippen molar-refractivity contribution in [1.29, 1.82) is 0 Å². The summed E-state index contributed by atoms with van der Waals surface area (Å²) in [5, 5.41) is 3.18. The second-order valence-corrected chi connectivity index (χ2v) is 8.33. The van der Waals surface area contributed by atoms with Crippen LogP contribution in [0.5, 0.6) is 0 Å². The Hall–Kier alpha value is -2.80. The first kappa shape index (κ1) is 19.5. The highest BCUT2D eigenvalue weighted by molar-refractivity contribution is 7.97. The molecule has 0 saturated carbocycles. The first-order valence-electron chi connectivity index (χ1n) is 9.74. The fourth-order valence-corrected chi connectivity index (χ4v) is 4.05. The summed E-state index contributed by atoms with van der Waals surface area (Å²) in [6.45, 7) is 4.41. The Balaban J connectivity index is 1.59. The number of benzene rings is 2. The van der Waals surface area contributed by atoms with E-state index in [1.807, 2.05) is 59.4 Å². The highest BCUT2D eigenvalue weighted by Crippen LogP contribution is 2.23. The number of H-pyrrole nitrogens is 1. The van der Waals surface area contributed by atoms with E-state index in [1.165, 1.54) is 0 Å². The van der Waals surface area contributed by atoms with Crippen LogP contribution < -0.4 is 5.32 Å². The predicted molar refractivity (Wildman–Crippen MR) is 119 cm³/mol. The molecule has 6 nitrogen and oxygen atoms in total. The fourth-order valence-electron chi connectivity index (χ4n) is 3.57. The largest absolute Gasteiger partial charge is 0.344 e. The Bertz CT molecular complexity index is 1110. The first-order valence-corrected chi connectivity index (χ1v) is 11.1. The Kier molecular flexibility index (Phi) is 5.58. The molecule has 0 aliphatic carbocycles. The van der Waals surface area contributed by atoms with Crippen molar-refractivity contribution in [3.8, 4) is 0 Å². The number of nitrogens with zero attached hydrogens (tertiary/aromatic N) is 3. The summed E-state index contributed by atoms with van der Waals surface area (Å²) in [6.07, 6.45) is 2.04. The minimum absolute atomic E-state index is 0.0466. The lowest BCUT2D eigenvalue weighted by molar-refractivity contribution is -0.122. The number of aromatic amines is 1. The molecule has 0 saturated heterocycles. The number of carbonyl (C=O) groups excluding carboxylic acids is 1. The summed E-state index contributed by atoms with van der Waals surface area (Å²) in [5.74, 6) is 2.62. The number of imidazole rings is 2. The van der Waals surface area contributed by atoms with Crippen LogP contribution in [0.3, 0.4) is 0 Å². The lowest BCUT2D eigenvalue weighted by Crippen LogP contribution is -2.35. The maximum atomic E-state index is 13.0. The van der Waals surface area contributed by atoms with Gasteiger partial charge in [-0.25, -0.2) is 9.97 Å². The molecule has 7 heteroatoms. The molecular weight excluding hydrogens is 382 g/mol. The molecule has 0 aliphatic heterocycles. The van der Waals surface area contributed by atoms with Gasteiger partial charge in [-0.2, -0.15) is 11.8 Å². The van der Waals surface area contributed by atoms with Crippen LogP contribution >= 0.6 is 11.8 Å². The van der Waals surface area contributed by atoms with Gasteiger partial charge in [0.25, 0.3) is 0 Å². The minimum Gasteiger partial charge on any atom is -0.344 e. The van der Waals surface area contributed by atoms with Gasteiger partial charge in [0.05, 0.1) is 33.9 Å². The molecule has 2 heterocycles. The standard InChI is InChI=1S/C22H25N5OS/c1-14(2)21(22-24-15-8-4-5-9-16(15)25-22)26-20(28)12-27-18-11-7-6-10-17(18)23-19(27)13-29-3/h4-11,14,21H,12-13H2,1-3H3,(H,24,25)(H,26,28)/t21-/m1/s1. The molecule has 0 bridgehead atoms. The molecule has 0 radical (unpaired) electrons. The van der Waals surface area contributed by atoms with Crippen molar-refractivity contribution in [3.05, 3.63) is 60.2 Å². The average molecular weight is 408 g/mol. The third-order valence-corrected chi connectivity index (χ3v) is 5.54. The molecular formula is C22H25N5OS. The van der Waals surface area contributed by atoms with Gasteiger partial charge in [-0.3, -0.25) is 4.79 Å². The number of hydrogen-bond donors (Lipinski definition) is 2. The number of aromatic nitrogens is 4. The van der Waals surface area contributed by atoms with Gasteiger partial charge in [-0.05, 0) is 36.4 Å². The summed E-state index contributed by atoms with van der Waals surface area (Å²) >= 11 is 1.70. The Morgan fingerprint density at radius 2 is 1.83 bits per heavy atom. The summed E-state index contributed by atoms with van der Waals surface area (Å²) in [5.41, 5.74) is 3.79. The number of amides is 1. The molecule has 29 heavy (non-hydrogen) atoms. The third-order valence-electron chi connectivity index (χ3n) is 4.99. The van der Waals surface area contributed by atoms with Crippen molar-refractivity contribution in [2.75, 3.05) is 6.26 Å². The van der Waals surface area contributed by atoms with Gasteiger partial charge in [-0.1, -0.05) is 38.1 Å². The Labute approximate surface area is 174 Å². The van der Waals surface area contributed by atoms with Crippen LogP contribution in [-0.4, -0.2) is 31.7 Å². The highest BCUT2D eigenvalue weighted by atomic mass is 32.2. The number of nitrogens with one attached hydrogen (secondary N) is 2. The average Bonchev–Trinajstić information content (AvgIpc) is 3.28. The maximum Gasteiger partial charge on any atom is 0.240 e. The normalized spacial score (nSPS) is 12.7. The molecule has 0 spiro atoms. The molecule has 2 aromatic carbocycles. The van der Waals surface area contributed by atoms with Crippen LogP contribution in [0.15, 0.2) is 48.5 Å². The van der Waals surface area contributed by atoms with E-state index in [-0.39, 0.29) is 24.4 Å². The zero-order valence-corrected chi connectivity index (χ0v) is 17.7. The number of carbonyl (C=O) groups is 1. The first-order chi connectivity index (χ1) is 14.1. The van der Waals surface area contributed by atoms with E-state index >= 15 is 0 Å². The number of rotatable bonds is 7. The summed E-state index contributed by atoms with van der Waals surface area (Å²) in [7, 11) is 0. The Morgan fingerprint density at radius 3 is 2.55 bits per heavy atom. The summed E-state index contributed by atoms with van der Waals surface area (Å²) in [4.78, 5) is 25.7. The molecule has 2 N–H and O–H groups in total. The SMILES string of the molecule is CSCc1nc2ccccc2n1CC(=O)N[C@@H](c1nc2ccccc2[nH]1)C(C)C. The van der Waals surface area contributed by atoms with Crippen molar-refractivity contribution < 1.29 is 4.79 Å². The van der Waals surface area contributed by atoms with Crippen molar-refractivity contribution >= 4 is 39.7 Å². The monoisotopic (exact) mass is 407 g/mol. The van der Waals surface area contributed by atoms with Crippen molar-refractivity contribution in [2.45, 2.75) is 32.2 Å². The van der Waals surface area contributed by atoms with Crippen LogP contribution in [0.2, 0.25) is 0 Å². The molecule has 4 rings (SSSR count). The summed E-state index contributed by atoms with van der Waals surface area (Å²) in [6, 6.07) is 15.7. The smallest absolute Gasteiger partial charge is 0.240 e. The number of hydrogen-bond acceptors (Lipinski definition) is 4. The third kappa shape index (κ3) is 4.00. The van der Waals surface area contributed by atoms with E-state index in [0.29, 0.717) is 0 Å². The molecule has 0 fully saturated rings. The van der Waals surface area contributed by atoms with E-state index in [9.17, 15) is 4.79 Å². The Morgan fingerprint density at radius 1 is 1.10 bits per heavy atom. The van der Waals surface area contributed by atoms with E-state index < -0.39 is 0 Å². The van der Waals surface area contributed by atoms with E-state index in [2.05, 4.69) is 29.1 Å². The molecule has 0 unspecified atom stereocenters. The molecule has 2 aromatic heterocycles. The van der Waals surface area contributed by atoms with E-state index in [1.54, 1.807) is 11.8 Å². The van der Waals surface area contributed by atoms with Crippen LogP contribution in [-0.2, 0) is 17.1 Å². The lowest BCUT2D eigenvalue weighted by atomic mass is 10.0. The van der Waals surface area contributed by atoms with Gasteiger partial charge in [0, 0.05) is 0 Å². The number of thioether (sulfide) groups is 1. The van der Waals surface area contributed by atoms with Crippen LogP contribution in [0.1, 0.15) is 31.5 Å². The van der Waals surface area contributed by atoms with Crippen LogP contribution in [0.25, 0.3) is 22.1 Å². The molecule has 1 atom stereocenters. The number of fused-ring (bicyclic) bond motifs is 2. The second-order valence-electron chi connectivity index (χ2n) is 7.46. The molecule has 150 valence electrons. The van der Waals surface area contributed by atoms with Crippen molar-refractivity contribution in [2.24, 2.45) is 5.92 Å².